The zero-order chi connectivity index (χ0) is 14.7. The molecule has 0 saturated heterocycles. The molecule has 2 aromatic carbocycles. The van der Waals surface area contributed by atoms with Gasteiger partial charge >= 0.3 is 0 Å². The van der Waals surface area contributed by atoms with Crippen molar-refractivity contribution in [3.63, 3.8) is 0 Å². The van der Waals surface area contributed by atoms with Crippen LogP contribution in [0.5, 0.6) is 5.75 Å². The highest BCUT2D eigenvalue weighted by atomic mass is 35.5. The molecule has 0 amide bonds. The number of nitrogens with two attached hydrogens (primary N) is 1. The highest BCUT2D eigenvalue weighted by Crippen LogP contribution is 2.22. The van der Waals surface area contributed by atoms with Gasteiger partial charge in [0.15, 0.2) is 0 Å². The van der Waals surface area contributed by atoms with Crippen LogP contribution in [0.4, 0.5) is 4.39 Å². The molecule has 0 bridgehead atoms. The van der Waals surface area contributed by atoms with E-state index in [2.05, 4.69) is 0 Å². The predicted octanol–water partition coefficient (Wildman–Crippen LogP) is 4.00. The second-order valence-corrected chi connectivity index (χ2v) is 5.22. The van der Waals surface area contributed by atoms with Gasteiger partial charge in [-0.25, -0.2) is 4.39 Å². The summed E-state index contributed by atoms with van der Waals surface area (Å²) in [5, 5.41) is 0.0445. The summed E-state index contributed by atoms with van der Waals surface area (Å²) >= 11 is 10.6. The summed E-state index contributed by atoms with van der Waals surface area (Å²) in [6, 6.07) is 9.95. The van der Waals surface area contributed by atoms with Crippen LogP contribution in [0.3, 0.4) is 0 Å². The monoisotopic (exact) mass is 309 g/mol. The van der Waals surface area contributed by atoms with E-state index in [1.807, 2.05) is 25.1 Å². The topological polar surface area (TPSA) is 35.2 Å². The van der Waals surface area contributed by atoms with Crippen molar-refractivity contribution in [2.75, 3.05) is 0 Å². The van der Waals surface area contributed by atoms with E-state index in [1.165, 1.54) is 12.1 Å². The minimum Gasteiger partial charge on any atom is -0.489 e. The SMILES string of the molecule is Cc1cc(C(N)=S)ccc1COc1ccc(F)c(Cl)c1. The quantitative estimate of drug-likeness (QED) is 0.867. The smallest absolute Gasteiger partial charge is 0.142 e. The molecule has 2 rings (SSSR count). The Morgan fingerprint density at radius 2 is 2.05 bits per heavy atom. The predicted molar refractivity (Wildman–Crippen MR) is 82.8 cm³/mol. The molecule has 0 aliphatic carbocycles. The summed E-state index contributed by atoms with van der Waals surface area (Å²) in [5.74, 6) is 0.0604. The third-order valence-electron chi connectivity index (χ3n) is 2.91. The van der Waals surface area contributed by atoms with E-state index < -0.39 is 5.82 Å². The summed E-state index contributed by atoms with van der Waals surface area (Å²) in [7, 11) is 0. The van der Waals surface area contributed by atoms with Crippen molar-refractivity contribution in [1.82, 2.24) is 0 Å². The Balaban J connectivity index is 2.10. The Hall–Kier alpha value is -1.65. The highest BCUT2D eigenvalue weighted by Gasteiger charge is 2.05. The van der Waals surface area contributed by atoms with Crippen molar-refractivity contribution < 1.29 is 9.13 Å². The van der Waals surface area contributed by atoms with E-state index in [9.17, 15) is 4.39 Å². The lowest BCUT2D eigenvalue weighted by Crippen LogP contribution is -2.10. The first-order chi connectivity index (χ1) is 9.47. The molecule has 5 heteroatoms. The van der Waals surface area contributed by atoms with Crippen LogP contribution in [0.1, 0.15) is 16.7 Å². The van der Waals surface area contributed by atoms with Crippen molar-refractivity contribution >= 4 is 28.8 Å². The molecule has 0 radical (unpaired) electrons. The molecular weight excluding hydrogens is 297 g/mol. The Bertz CT molecular complexity index is 660. The molecule has 2 aromatic rings. The lowest BCUT2D eigenvalue weighted by Gasteiger charge is -2.10. The second-order valence-electron chi connectivity index (χ2n) is 4.37. The first-order valence-corrected chi connectivity index (χ1v) is 6.73. The number of rotatable bonds is 4. The molecule has 20 heavy (non-hydrogen) atoms. The van der Waals surface area contributed by atoms with Gasteiger partial charge in [-0.1, -0.05) is 36.0 Å². The molecule has 0 aromatic heterocycles. The highest BCUT2D eigenvalue weighted by molar-refractivity contribution is 7.80. The number of hydrogen-bond acceptors (Lipinski definition) is 2. The van der Waals surface area contributed by atoms with Crippen molar-refractivity contribution in [1.29, 1.82) is 0 Å². The Labute approximate surface area is 127 Å². The fourth-order valence-corrected chi connectivity index (χ4v) is 2.04. The number of hydrogen-bond donors (Lipinski definition) is 1. The van der Waals surface area contributed by atoms with E-state index in [4.69, 9.17) is 34.3 Å². The van der Waals surface area contributed by atoms with Crippen molar-refractivity contribution in [2.45, 2.75) is 13.5 Å². The number of benzene rings is 2. The van der Waals surface area contributed by atoms with Crippen LogP contribution in [0, 0.1) is 12.7 Å². The fourth-order valence-electron chi connectivity index (χ4n) is 1.74. The number of aryl methyl sites for hydroxylation is 1. The van der Waals surface area contributed by atoms with E-state index in [1.54, 1.807) is 6.07 Å². The van der Waals surface area contributed by atoms with E-state index in [0.29, 0.717) is 17.3 Å². The van der Waals surface area contributed by atoms with Crippen molar-refractivity contribution in [3.8, 4) is 5.75 Å². The van der Waals surface area contributed by atoms with Gasteiger partial charge in [-0.2, -0.15) is 0 Å². The normalized spacial score (nSPS) is 10.3. The molecule has 2 N–H and O–H groups in total. The van der Waals surface area contributed by atoms with Crippen LogP contribution in [0.25, 0.3) is 0 Å². The minimum atomic E-state index is -0.462. The Morgan fingerprint density at radius 1 is 1.30 bits per heavy atom. The fraction of sp³-hybridized carbons (Fsp3) is 0.133. The van der Waals surface area contributed by atoms with Crippen LogP contribution in [-0.4, -0.2) is 4.99 Å². The number of halogens is 2. The third-order valence-corrected chi connectivity index (χ3v) is 3.44. The maximum Gasteiger partial charge on any atom is 0.142 e. The van der Waals surface area contributed by atoms with Gasteiger partial charge in [0.25, 0.3) is 0 Å². The largest absolute Gasteiger partial charge is 0.489 e. The molecule has 0 saturated carbocycles. The maximum atomic E-state index is 13.0. The average molecular weight is 310 g/mol. The van der Waals surface area contributed by atoms with Crippen molar-refractivity contribution in [3.05, 3.63) is 63.9 Å². The zero-order valence-electron chi connectivity index (χ0n) is 10.8. The first-order valence-electron chi connectivity index (χ1n) is 5.94. The Kier molecular flexibility index (Phi) is 4.57. The average Bonchev–Trinajstić information content (AvgIpc) is 2.41. The van der Waals surface area contributed by atoms with E-state index in [-0.39, 0.29) is 5.02 Å². The molecule has 0 unspecified atom stereocenters. The molecular formula is C15H13ClFNOS. The van der Waals surface area contributed by atoms with Gasteiger partial charge in [-0.15, -0.1) is 0 Å². The number of thiocarbonyl (C=S) groups is 1. The van der Waals surface area contributed by atoms with E-state index in [0.717, 1.165) is 16.7 Å². The summed E-state index contributed by atoms with van der Waals surface area (Å²) in [5.41, 5.74) is 8.44. The van der Waals surface area contributed by atoms with Gasteiger partial charge in [0.1, 0.15) is 23.2 Å². The first kappa shape index (κ1) is 14.8. The zero-order valence-corrected chi connectivity index (χ0v) is 12.4. The lowest BCUT2D eigenvalue weighted by molar-refractivity contribution is 0.305. The van der Waals surface area contributed by atoms with Crippen LogP contribution < -0.4 is 10.5 Å². The lowest BCUT2D eigenvalue weighted by atomic mass is 10.1. The van der Waals surface area contributed by atoms with Gasteiger partial charge in [0.2, 0.25) is 0 Å². The molecule has 0 aliphatic rings. The molecule has 104 valence electrons. The van der Waals surface area contributed by atoms with Crippen LogP contribution in [-0.2, 0) is 6.61 Å². The van der Waals surface area contributed by atoms with Gasteiger partial charge in [-0.05, 0) is 36.2 Å². The molecule has 0 fully saturated rings. The van der Waals surface area contributed by atoms with Gasteiger partial charge in [0.05, 0.1) is 5.02 Å². The summed E-state index contributed by atoms with van der Waals surface area (Å²) in [4.78, 5) is 0.367. The molecule has 0 spiro atoms. The summed E-state index contributed by atoms with van der Waals surface area (Å²) in [6.07, 6.45) is 0. The summed E-state index contributed by atoms with van der Waals surface area (Å²) in [6.45, 7) is 2.32. The molecule has 0 heterocycles. The molecule has 0 aliphatic heterocycles. The summed E-state index contributed by atoms with van der Waals surface area (Å²) < 4.78 is 18.6. The maximum absolute atomic E-state index is 13.0. The van der Waals surface area contributed by atoms with Crippen LogP contribution in [0.2, 0.25) is 5.02 Å². The van der Waals surface area contributed by atoms with E-state index >= 15 is 0 Å². The van der Waals surface area contributed by atoms with Gasteiger partial charge < -0.3 is 10.5 Å². The van der Waals surface area contributed by atoms with Gasteiger partial charge in [0, 0.05) is 11.6 Å². The third kappa shape index (κ3) is 3.46. The molecule has 0 atom stereocenters. The molecule has 2 nitrogen and oxygen atoms in total. The Morgan fingerprint density at radius 3 is 2.65 bits per heavy atom. The van der Waals surface area contributed by atoms with Crippen LogP contribution >= 0.6 is 23.8 Å². The standard InChI is InChI=1S/C15H13ClFNOS/c1-9-6-10(15(18)20)2-3-11(9)8-19-12-4-5-14(17)13(16)7-12/h2-7H,8H2,1H3,(H2,18,20). The number of ether oxygens (including phenoxy) is 1. The van der Waals surface area contributed by atoms with Gasteiger partial charge in [-0.3, -0.25) is 0 Å². The van der Waals surface area contributed by atoms with Crippen molar-refractivity contribution in [2.24, 2.45) is 5.73 Å². The van der Waals surface area contributed by atoms with Crippen LogP contribution in [0.15, 0.2) is 36.4 Å². The second kappa shape index (κ2) is 6.20. The minimum absolute atomic E-state index is 0.0445.